The van der Waals surface area contributed by atoms with E-state index in [9.17, 15) is 9.59 Å². The molecule has 1 atom stereocenters. The zero-order chi connectivity index (χ0) is 26.3. The Labute approximate surface area is 218 Å². The molecule has 37 heavy (non-hydrogen) atoms. The van der Waals surface area contributed by atoms with E-state index in [1.165, 1.54) is 11.3 Å². The molecule has 3 heterocycles. The van der Waals surface area contributed by atoms with Gasteiger partial charge in [0.25, 0.3) is 5.56 Å². The van der Waals surface area contributed by atoms with Gasteiger partial charge < -0.3 is 14.0 Å². The number of nitrogens with zero attached hydrogens (tertiary/aromatic N) is 3. The number of thiazole rings is 1. The van der Waals surface area contributed by atoms with E-state index < -0.39 is 12.0 Å². The van der Waals surface area contributed by atoms with E-state index in [4.69, 9.17) is 9.47 Å². The highest BCUT2D eigenvalue weighted by Gasteiger charge is 2.33. The molecule has 0 radical (unpaired) electrons. The Morgan fingerprint density at radius 2 is 1.89 bits per heavy atom. The van der Waals surface area contributed by atoms with Crippen molar-refractivity contribution in [3.63, 3.8) is 0 Å². The molecule has 0 fully saturated rings. The van der Waals surface area contributed by atoms with Crippen molar-refractivity contribution in [1.82, 2.24) is 9.13 Å². The second-order valence-electron chi connectivity index (χ2n) is 9.18. The molecule has 0 N–H and O–H groups in total. The number of benzene rings is 2. The normalized spacial score (nSPS) is 15.7. The Bertz CT molecular complexity index is 1700. The van der Waals surface area contributed by atoms with E-state index in [-0.39, 0.29) is 18.2 Å². The van der Waals surface area contributed by atoms with Crippen LogP contribution in [-0.4, -0.2) is 28.8 Å². The van der Waals surface area contributed by atoms with Gasteiger partial charge in [-0.3, -0.25) is 9.36 Å². The first-order chi connectivity index (χ1) is 17.8. The summed E-state index contributed by atoms with van der Waals surface area (Å²) in [5.41, 5.74) is 3.58. The van der Waals surface area contributed by atoms with Gasteiger partial charge in [0.1, 0.15) is 5.75 Å². The van der Waals surface area contributed by atoms with E-state index in [2.05, 4.69) is 41.7 Å². The van der Waals surface area contributed by atoms with Crippen molar-refractivity contribution in [3.05, 3.63) is 96.8 Å². The highest BCUT2D eigenvalue weighted by atomic mass is 32.1. The minimum atomic E-state index is -0.652. The Morgan fingerprint density at radius 3 is 2.57 bits per heavy atom. The van der Waals surface area contributed by atoms with E-state index in [1.807, 2.05) is 42.5 Å². The van der Waals surface area contributed by atoms with Gasteiger partial charge in [-0.05, 0) is 57.5 Å². The van der Waals surface area contributed by atoms with Gasteiger partial charge in [0.2, 0.25) is 0 Å². The summed E-state index contributed by atoms with van der Waals surface area (Å²) in [6, 6.07) is 15.2. The van der Waals surface area contributed by atoms with Crippen molar-refractivity contribution >= 4 is 34.3 Å². The van der Waals surface area contributed by atoms with Crippen LogP contribution in [-0.2, 0) is 9.53 Å². The first-order valence-corrected chi connectivity index (χ1v) is 13.1. The molecule has 4 aromatic rings. The molecular weight excluding hydrogens is 486 g/mol. The van der Waals surface area contributed by atoms with Crippen LogP contribution in [0.3, 0.4) is 0 Å². The number of hydrogen-bond donors (Lipinski definition) is 0. The number of allylic oxidation sites excluding steroid dienone is 1. The first-order valence-electron chi connectivity index (χ1n) is 12.3. The standard InChI is InChI=1S/C29H29N3O4S/c1-6-36-28(34)25-18(4)30-29-32(26(25)19-11-13-21(35-5)14-12-19)27(33)24(37-29)15-20-16-31(17(2)3)23-10-8-7-9-22(20)23/h7-17,26H,6H2,1-5H3/b24-15-/t26-/m0/s1. The highest BCUT2D eigenvalue weighted by molar-refractivity contribution is 7.07. The second-order valence-corrected chi connectivity index (χ2v) is 10.2. The van der Waals surface area contributed by atoms with E-state index in [0.717, 1.165) is 22.0 Å². The number of fused-ring (bicyclic) bond motifs is 2. The van der Waals surface area contributed by atoms with E-state index in [1.54, 1.807) is 25.5 Å². The highest BCUT2D eigenvalue weighted by Crippen LogP contribution is 2.32. The largest absolute Gasteiger partial charge is 0.497 e. The maximum atomic E-state index is 13.9. The minimum absolute atomic E-state index is 0.194. The molecule has 0 saturated carbocycles. The van der Waals surface area contributed by atoms with Gasteiger partial charge in [0, 0.05) is 28.7 Å². The lowest BCUT2D eigenvalue weighted by molar-refractivity contribution is -0.139. The molecule has 2 aromatic heterocycles. The second kappa shape index (κ2) is 9.86. The third kappa shape index (κ3) is 4.31. The SMILES string of the molecule is CCOC(=O)C1=C(C)N=c2s/c(=C\c3cn(C(C)C)c4ccccc34)c(=O)n2[C@H]1c1ccc(OC)cc1. The minimum Gasteiger partial charge on any atom is -0.497 e. The molecule has 190 valence electrons. The van der Waals surface area contributed by atoms with E-state index >= 15 is 0 Å². The topological polar surface area (TPSA) is 74.8 Å². The van der Waals surface area contributed by atoms with Crippen molar-refractivity contribution < 1.29 is 14.3 Å². The summed E-state index contributed by atoms with van der Waals surface area (Å²) in [7, 11) is 1.60. The van der Waals surface area contributed by atoms with Crippen LogP contribution in [0.2, 0.25) is 0 Å². The lowest BCUT2D eigenvalue weighted by Gasteiger charge is -2.24. The average molecular weight is 516 g/mol. The number of para-hydroxylation sites is 1. The summed E-state index contributed by atoms with van der Waals surface area (Å²) in [5, 5.41) is 1.08. The fraction of sp³-hybridized carbons (Fsp3) is 0.276. The molecule has 2 aromatic carbocycles. The van der Waals surface area contributed by atoms with Crippen LogP contribution < -0.4 is 19.6 Å². The maximum Gasteiger partial charge on any atom is 0.338 e. The van der Waals surface area contributed by atoms with Gasteiger partial charge >= 0.3 is 5.97 Å². The van der Waals surface area contributed by atoms with Crippen LogP contribution in [0, 0.1) is 0 Å². The molecule has 0 amide bonds. The number of rotatable bonds is 6. The maximum absolute atomic E-state index is 13.9. The van der Waals surface area contributed by atoms with Crippen molar-refractivity contribution in [2.24, 2.45) is 4.99 Å². The summed E-state index contributed by atoms with van der Waals surface area (Å²) >= 11 is 1.33. The summed E-state index contributed by atoms with van der Waals surface area (Å²) in [5.74, 6) is 0.218. The summed E-state index contributed by atoms with van der Waals surface area (Å²) in [6.07, 6.45) is 4.02. The van der Waals surface area contributed by atoms with Crippen LogP contribution >= 0.6 is 11.3 Å². The van der Waals surface area contributed by atoms with Crippen molar-refractivity contribution in [3.8, 4) is 5.75 Å². The third-order valence-corrected chi connectivity index (χ3v) is 7.55. The van der Waals surface area contributed by atoms with Crippen molar-refractivity contribution in [2.45, 2.75) is 39.8 Å². The number of hydrogen-bond acceptors (Lipinski definition) is 6. The number of aromatic nitrogens is 2. The summed E-state index contributed by atoms with van der Waals surface area (Å²) in [6.45, 7) is 8.06. The van der Waals surface area contributed by atoms with Gasteiger partial charge in [0.05, 0.1) is 35.6 Å². The van der Waals surface area contributed by atoms with Crippen molar-refractivity contribution in [1.29, 1.82) is 0 Å². The smallest absolute Gasteiger partial charge is 0.338 e. The Kier molecular flexibility index (Phi) is 6.60. The zero-order valence-corrected chi connectivity index (χ0v) is 22.3. The molecule has 1 aliphatic heterocycles. The lowest BCUT2D eigenvalue weighted by atomic mass is 9.96. The molecule has 5 rings (SSSR count). The first kappa shape index (κ1) is 24.8. The number of esters is 1. The number of carbonyl (C=O) groups is 1. The number of ether oxygens (including phenoxy) is 2. The number of carbonyl (C=O) groups excluding carboxylic acids is 1. The molecule has 0 saturated heterocycles. The number of methoxy groups -OCH3 is 1. The summed E-state index contributed by atoms with van der Waals surface area (Å²) in [4.78, 5) is 32.2. The fourth-order valence-electron chi connectivity index (χ4n) is 4.81. The molecule has 0 spiro atoms. The third-order valence-electron chi connectivity index (χ3n) is 6.56. The molecule has 8 heteroatoms. The van der Waals surface area contributed by atoms with Crippen LogP contribution in [0.5, 0.6) is 5.75 Å². The van der Waals surface area contributed by atoms with Crippen LogP contribution in [0.1, 0.15) is 50.9 Å². The molecule has 0 unspecified atom stereocenters. The van der Waals surface area contributed by atoms with Gasteiger partial charge in [-0.25, -0.2) is 9.79 Å². The average Bonchev–Trinajstić information content (AvgIpc) is 3.41. The molecule has 0 aliphatic carbocycles. The molecule has 1 aliphatic rings. The summed E-state index contributed by atoms with van der Waals surface area (Å²) < 4.78 is 15.1. The van der Waals surface area contributed by atoms with Gasteiger partial charge in [-0.2, -0.15) is 0 Å². The van der Waals surface area contributed by atoms with Gasteiger partial charge in [-0.1, -0.05) is 41.7 Å². The van der Waals surface area contributed by atoms with E-state index in [0.29, 0.717) is 26.4 Å². The quantitative estimate of drug-likeness (QED) is 0.358. The fourth-order valence-corrected chi connectivity index (χ4v) is 5.85. The molecular formula is C29H29N3O4S. The van der Waals surface area contributed by atoms with Crippen LogP contribution in [0.15, 0.2) is 75.8 Å². The van der Waals surface area contributed by atoms with Crippen LogP contribution in [0.4, 0.5) is 0 Å². The lowest BCUT2D eigenvalue weighted by Crippen LogP contribution is -2.39. The van der Waals surface area contributed by atoms with Crippen molar-refractivity contribution in [2.75, 3.05) is 13.7 Å². The molecule has 7 nitrogen and oxygen atoms in total. The van der Waals surface area contributed by atoms with Gasteiger partial charge in [-0.15, -0.1) is 0 Å². The predicted molar refractivity (Wildman–Crippen MR) is 146 cm³/mol. The molecule has 0 bridgehead atoms. The van der Waals surface area contributed by atoms with Gasteiger partial charge in [0.15, 0.2) is 4.80 Å². The monoisotopic (exact) mass is 515 g/mol. The Hall–Kier alpha value is -3.91. The Balaban J connectivity index is 1.74. The van der Waals surface area contributed by atoms with Crippen LogP contribution in [0.25, 0.3) is 17.0 Å². The predicted octanol–water partition coefficient (Wildman–Crippen LogP) is 4.34. The zero-order valence-electron chi connectivity index (χ0n) is 21.5. The Morgan fingerprint density at radius 1 is 1.16 bits per heavy atom.